The Morgan fingerprint density at radius 1 is 1.25 bits per heavy atom. The maximum atomic E-state index is 14.4. The predicted octanol–water partition coefficient (Wildman–Crippen LogP) is 3.90. The lowest BCUT2D eigenvalue weighted by molar-refractivity contribution is -0.151. The number of aromatic nitrogens is 2. The molecule has 4 rings (SSSR count). The molecule has 1 amide bonds. The van der Waals surface area contributed by atoms with E-state index in [-0.39, 0.29) is 78.8 Å². The molecule has 1 unspecified atom stereocenters. The summed E-state index contributed by atoms with van der Waals surface area (Å²) < 4.78 is 61.7. The number of piperidine rings is 1. The number of halogens is 5. The highest BCUT2D eigenvalue weighted by molar-refractivity contribution is 6.30. The van der Waals surface area contributed by atoms with Crippen LogP contribution >= 0.6 is 11.6 Å². The second kappa shape index (κ2) is 10.8. The molecule has 196 valence electrons. The van der Waals surface area contributed by atoms with Gasteiger partial charge in [-0.05, 0) is 44.9 Å². The van der Waals surface area contributed by atoms with Gasteiger partial charge in [0.2, 0.25) is 5.91 Å². The van der Waals surface area contributed by atoms with E-state index in [1.807, 2.05) is 4.90 Å². The molecular formula is C24H27ClF4N4O3. The Labute approximate surface area is 210 Å². The summed E-state index contributed by atoms with van der Waals surface area (Å²) in [6.07, 6.45) is -3.24. The molecule has 0 radical (unpaired) electrons. The quantitative estimate of drug-likeness (QED) is 0.418. The zero-order valence-electron chi connectivity index (χ0n) is 19.8. The summed E-state index contributed by atoms with van der Waals surface area (Å²) in [5.74, 6) is -1.48. The van der Waals surface area contributed by atoms with E-state index in [1.54, 1.807) is 6.92 Å². The first-order chi connectivity index (χ1) is 17.1. The third-order valence-electron chi connectivity index (χ3n) is 6.58. The summed E-state index contributed by atoms with van der Waals surface area (Å²) in [5.41, 5.74) is -0.604. The first kappa shape index (κ1) is 26.4. The van der Waals surface area contributed by atoms with Crippen LogP contribution in [0.3, 0.4) is 0 Å². The summed E-state index contributed by atoms with van der Waals surface area (Å²) in [5, 5.41) is 3.95. The van der Waals surface area contributed by atoms with Crippen LogP contribution in [0.4, 0.5) is 17.6 Å². The van der Waals surface area contributed by atoms with Crippen molar-refractivity contribution in [3.05, 3.63) is 51.6 Å². The average molecular weight is 531 g/mol. The molecule has 12 heteroatoms. The summed E-state index contributed by atoms with van der Waals surface area (Å²) in [6.45, 7) is 2.95. The van der Waals surface area contributed by atoms with Crippen molar-refractivity contribution in [1.82, 2.24) is 19.6 Å². The van der Waals surface area contributed by atoms with Gasteiger partial charge >= 0.3 is 12.1 Å². The van der Waals surface area contributed by atoms with Gasteiger partial charge in [0.05, 0.1) is 37.9 Å². The lowest BCUT2D eigenvalue weighted by Crippen LogP contribution is -2.47. The molecule has 1 aromatic carbocycles. The molecule has 0 bridgehead atoms. The van der Waals surface area contributed by atoms with Crippen molar-refractivity contribution in [1.29, 1.82) is 0 Å². The van der Waals surface area contributed by atoms with Crippen molar-refractivity contribution in [2.24, 2.45) is 5.92 Å². The molecule has 0 saturated carbocycles. The Balaban J connectivity index is 1.51. The minimum Gasteiger partial charge on any atom is -0.466 e. The number of hydrogen-bond donors (Lipinski definition) is 0. The van der Waals surface area contributed by atoms with Gasteiger partial charge in [0.25, 0.3) is 0 Å². The Hall–Kier alpha value is -2.66. The third-order valence-corrected chi connectivity index (χ3v) is 6.81. The zero-order chi connectivity index (χ0) is 26.0. The number of likely N-dealkylation sites (tertiary alicyclic amines) is 1. The van der Waals surface area contributed by atoms with Crippen molar-refractivity contribution in [3.63, 3.8) is 0 Å². The molecule has 2 aliphatic heterocycles. The second-order valence-corrected chi connectivity index (χ2v) is 9.49. The van der Waals surface area contributed by atoms with Gasteiger partial charge < -0.3 is 9.64 Å². The molecule has 2 aliphatic rings. The van der Waals surface area contributed by atoms with Crippen LogP contribution in [0.15, 0.2) is 18.2 Å². The molecule has 36 heavy (non-hydrogen) atoms. The first-order valence-electron chi connectivity index (χ1n) is 11.8. The van der Waals surface area contributed by atoms with Crippen LogP contribution in [0.1, 0.15) is 42.3 Å². The van der Waals surface area contributed by atoms with Crippen molar-refractivity contribution in [2.75, 3.05) is 32.8 Å². The maximum absolute atomic E-state index is 14.4. The molecule has 1 atom stereocenters. The lowest BCUT2D eigenvalue weighted by atomic mass is 9.98. The molecule has 0 aliphatic carbocycles. The largest absolute Gasteiger partial charge is 0.466 e. The Morgan fingerprint density at radius 2 is 2.03 bits per heavy atom. The number of carbonyl (C=O) groups is 2. The van der Waals surface area contributed by atoms with Gasteiger partial charge in [-0.25, -0.2) is 4.39 Å². The first-order valence-corrected chi connectivity index (χ1v) is 12.2. The standard InChI is InChI=1S/C24H27ClF4N4O3/c1-2-36-23(35)16-4-3-8-31(11-16)14-21(34)32-9-7-18-20(13-32)33(30-22(18)24(27,28)29)12-15-5-6-17(25)10-19(15)26/h5-6,10,16H,2-4,7-9,11-14H2,1H3. The van der Waals surface area contributed by atoms with Crippen LogP contribution in [-0.4, -0.2) is 64.2 Å². The number of benzene rings is 1. The van der Waals surface area contributed by atoms with E-state index in [9.17, 15) is 27.2 Å². The van der Waals surface area contributed by atoms with Crippen LogP contribution in [0.25, 0.3) is 0 Å². The third kappa shape index (κ3) is 5.83. The van der Waals surface area contributed by atoms with Crippen LogP contribution in [0, 0.1) is 11.7 Å². The van der Waals surface area contributed by atoms with Crippen LogP contribution in [0.5, 0.6) is 0 Å². The molecule has 0 N–H and O–H groups in total. The summed E-state index contributed by atoms with van der Waals surface area (Å²) in [7, 11) is 0. The fourth-order valence-corrected chi connectivity index (χ4v) is 4.96. The van der Waals surface area contributed by atoms with Gasteiger partial charge in [-0.15, -0.1) is 0 Å². The highest BCUT2D eigenvalue weighted by atomic mass is 35.5. The zero-order valence-corrected chi connectivity index (χ0v) is 20.5. The topological polar surface area (TPSA) is 67.7 Å². The fraction of sp³-hybridized carbons (Fsp3) is 0.542. The van der Waals surface area contributed by atoms with Gasteiger partial charge in [-0.3, -0.25) is 19.2 Å². The molecule has 7 nitrogen and oxygen atoms in total. The van der Waals surface area contributed by atoms with E-state index in [2.05, 4.69) is 5.10 Å². The predicted molar refractivity (Wildman–Crippen MR) is 123 cm³/mol. The molecule has 2 aromatic rings. The number of esters is 1. The Bertz CT molecular complexity index is 1140. The van der Waals surface area contributed by atoms with E-state index < -0.39 is 17.7 Å². The van der Waals surface area contributed by atoms with Gasteiger partial charge in [-0.2, -0.15) is 18.3 Å². The van der Waals surface area contributed by atoms with Crippen molar-refractivity contribution in [2.45, 2.75) is 45.5 Å². The van der Waals surface area contributed by atoms with Crippen LogP contribution < -0.4 is 0 Å². The van der Waals surface area contributed by atoms with E-state index in [4.69, 9.17) is 16.3 Å². The molecule has 0 spiro atoms. The molecule has 3 heterocycles. The van der Waals surface area contributed by atoms with Crippen LogP contribution in [0.2, 0.25) is 5.02 Å². The molecule has 1 fully saturated rings. The number of ether oxygens (including phenoxy) is 1. The highest BCUT2D eigenvalue weighted by Gasteiger charge is 2.41. The van der Waals surface area contributed by atoms with E-state index in [0.29, 0.717) is 19.5 Å². The summed E-state index contributed by atoms with van der Waals surface area (Å²) in [6, 6.07) is 3.95. The number of carbonyl (C=O) groups excluding carboxylic acids is 2. The minimum absolute atomic E-state index is 0.00946. The van der Waals surface area contributed by atoms with E-state index >= 15 is 0 Å². The number of amides is 1. The minimum atomic E-state index is -4.67. The highest BCUT2D eigenvalue weighted by Crippen LogP contribution is 2.35. The number of fused-ring (bicyclic) bond motifs is 1. The maximum Gasteiger partial charge on any atom is 0.435 e. The van der Waals surface area contributed by atoms with Crippen LogP contribution in [-0.2, 0) is 40.0 Å². The van der Waals surface area contributed by atoms with Crippen molar-refractivity contribution < 1.29 is 31.9 Å². The molecule has 1 saturated heterocycles. The van der Waals surface area contributed by atoms with Gasteiger partial charge in [0.15, 0.2) is 5.69 Å². The molecule has 1 aromatic heterocycles. The fourth-order valence-electron chi connectivity index (χ4n) is 4.81. The number of nitrogens with zero attached hydrogens (tertiary/aromatic N) is 4. The second-order valence-electron chi connectivity index (χ2n) is 9.06. The summed E-state index contributed by atoms with van der Waals surface area (Å²) in [4.78, 5) is 28.6. The number of alkyl halides is 3. The SMILES string of the molecule is CCOC(=O)C1CCCN(CC(=O)N2CCc3c(C(F)(F)F)nn(Cc4ccc(Cl)cc4F)c3C2)C1. The van der Waals surface area contributed by atoms with E-state index in [0.717, 1.165) is 17.2 Å². The van der Waals surface area contributed by atoms with Gasteiger partial charge in [0, 0.05) is 29.2 Å². The smallest absolute Gasteiger partial charge is 0.435 e. The summed E-state index contributed by atoms with van der Waals surface area (Å²) >= 11 is 5.79. The van der Waals surface area contributed by atoms with E-state index in [1.165, 1.54) is 17.0 Å². The monoisotopic (exact) mass is 530 g/mol. The average Bonchev–Trinajstić information content (AvgIpc) is 3.19. The Morgan fingerprint density at radius 3 is 2.72 bits per heavy atom. The lowest BCUT2D eigenvalue weighted by Gasteiger charge is -2.34. The van der Waals surface area contributed by atoms with Gasteiger partial charge in [-0.1, -0.05) is 17.7 Å². The number of rotatable bonds is 6. The van der Waals surface area contributed by atoms with Crippen molar-refractivity contribution in [3.8, 4) is 0 Å². The molecular weight excluding hydrogens is 504 g/mol. The van der Waals surface area contributed by atoms with Crippen molar-refractivity contribution >= 4 is 23.5 Å². The number of hydrogen-bond acceptors (Lipinski definition) is 5. The normalized spacial score (nSPS) is 18.7. The Kier molecular flexibility index (Phi) is 7.89. The van der Waals surface area contributed by atoms with Gasteiger partial charge in [0.1, 0.15) is 5.82 Å².